The molecule has 134 valence electrons. The average molecular weight is 380 g/mol. The molecule has 3 heteroatoms. The Labute approximate surface area is 163 Å². The monoisotopic (exact) mass is 380 g/mol. The second-order valence-electron chi connectivity index (χ2n) is 7.12. The van der Waals surface area contributed by atoms with Crippen LogP contribution in [0.4, 0.5) is 0 Å². The molecular formula is C25H17O2P. The van der Waals surface area contributed by atoms with E-state index in [1.807, 2.05) is 0 Å². The normalized spacial score (nSPS) is 14.3. The molecular weight excluding hydrogens is 363 g/mol. The molecule has 4 aromatic carbocycles. The Kier molecular flexibility index (Phi) is 3.47. The van der Waals surface area contributed by atoms with Crippen LogP contribution in [0.1, 0.15) is 11.5 Å². The van der Waals surface area contributed by atoms with Crippen LogP contribution < -0.4 is 0 Å². The Balaban J connectivity index is 1.88. The molecule has 0 N–H and O–H groups in total. The van der Waals surface area contributed by atoms with Gasteiger partial charge in [0.15, 0.2) is 0 Å². The summed E-state index contributed by atoms with van der Waals surface area (Å²) in [6.07, 6.45) is 8.72. The summed E-state index contributed by atoms with van der Waals surface area (Å²) in [5.74, 6) is 0.318. The number of hydrogen-bond donors (Lipinski definition) is 0. The molecule has 1 unspecified atom stereocenters. The van der Waals surface area contributed by atoms with Crippen LogP contribution in [-0.2, 0) is 0 Å². The zero-order valence-electron chi connectivity index (χ0n) is 15.1. The third kappa shape index (κ3) is 2.28. The van der Waals surface area contributed by atoms with Crippen molar-refractivity contribution in [3.05, 3.63) is 96.6 Å². The first-order chi connectivity index (χ1) is 13.9. The standard InChI is InChI=1S/C25H17O2P/c1-2-7-16(6-1)18-10-5-11-21-20(18)13-15-23-25(21)24-19-9-4-3-8-17(19)12-14-22(24)26-28-27-23/h1-16,28H. The lowest BCUT2D eigenvalue weighted by Gasteiger charge is -2.12. The third-order valence-electron chi connectivity index (χ3n) is 5.61. The van der Waals surface area contributed by atoms with E-state index in [0.29, 0.717) is 5.92 Å². The summed E-state index contributed by atoms with van der Waals surface area (Å²) < 4.78 is 12.0. The van der Waals surface area contributed by atoms with Gasteiger partial charge in [0.05, 0.1) is 0 Å². The Morgan fingerprint density at radius 3 is 2.18 bits per heavy atom. The Morgan fingerprint density at radius 1 is 0.607 bits per heavy atom. The average Bonchev–Trinajstić information content (AvgIpc) is 3.20. The highest BCUT2D eigenvalue weighted by Gasteiger charge is 2.15. The van der Waals surface area contributed by atoms with E-state index in [9.17, 15) is 0 Å². The van der Waals surface area contributed by atoms with Gasteiger partial charge in [-0.1, -0.05) is 78.9 Å². The molecule has 0 amide bonds. The van der Waals surface area contributed by atoms with Crippen molar-refractivity contribution in [2.75, 3.05) is 0 Å². The van der Waals surface area contributed by atoms with E-state index in [4.69, 9.17) is 8.39 Å². The largest absolute Gasteiger partial charge is 0.421 e. The Morgan fingerprint density at radius 2 is 1.32 bits per heavy atom. The lowest BCUT2D eigenvalue weighted by atomic mass is 9.91. The molecule has 0 aliphatic heterocycles. The first kappa shape index (κ1) is 15.8. The maximum Gasteiger partial charge on any atom is 0.201 e. The summed E-state index contributed by atoms with van der Waals surface area (Å²) >= 11 is 0. The van der Waals surface area contributed by atoms with E-state index in [-0.39, 0.29) is 8.67 Å². The first-order valence-electron chi connectivity index (χ1n) is 9.41. The van der Waals surface area contributed by atoms with Crippen LogP contribution in [0.5, 0.6) is 0 Å². The molecule has 28 heavy (non-hydrogen) atoms. The highest BCUT2D eigenvalue weighted by molar-refractivity contribution is 7.15. The van der Waals surface area contributed by atoms with E-state index in [1.54, 1.807) is 0 Å². The lowest BCUT2D eigenvalue weighted by molar-refractivity contribution is 0.663. The SMILES string of the molecule is C1=CC(c2cccc3c2ccc2o[pH]oc4ccc5ccccc5c4c23)C=C1. The highest BCUT2D eigenvalue weighted by atomic mass is 31.1. The zero-order chi connectivity index (χ0) is 18.5. The molecule has 1 aromatic heterocycles. The molecule has 0 saturated carbocycles. The van der Waals surface area contributed by atoms with Crippen LogP contribution in [0.25, 0.3) is 43.5 Å². The quantitative estimate of drug-likeness (QED) is 0.296. The highest BCUT2D eigenvalue weighted by Crippen LogP contribution is 2.39. The van der Waals surface area contributed by atoms with Crippen molar-refractivity contribution in [1.82, 2.24) is 0 Å². The minimum absolute atomic E-state index is 0.0486. The molecule has 2 nitrogen and oxygen atoms in total. The van der Waals surface area contributed by atoms with Gasteiger partial charge in [-0.3, -0.25) is 0 Å². The number of rotatable bonds is 1. The van der Waals surface area contributed by atoms with Gasteiger partial charge in [0.2, 0.25) is 8.67 Å². The summed E-state index contributed by atoms with van der Waals surface area (Å²) in [6, 6.07) is 23.5. The van der Waals surface area contributed by atoms with Gasteiger partial charge in [-0.05, 0) is 39.2 Å². The van der Waals surface area contributed by atoms with Gasteiger partial charge in [-0.15, -0.1) is 0 Å². The summed E-state index contributed by atoms with van der Waals surface area (Å²) in [4.78, 5) is 0. The third-order valence-corrected chi connectivity index (χ3v) is 6.21. The minimum atomic E-state index is -0.0486. The van der Waals surface area contributed by atoms with Gasteiger partial charge in [0.25, 0.3) is 0 Å². The smallest absolute Gasteiger partial charge is 0.201 e. The van der Waals surface area contributed by atoms with Crippen molar-refractivity contribution in [1.29, 1.82) is 0 Å². The summed E-state index contributed by atoms with van der Waals surface area (Å²) in [7, 11) is -0.0486. The number of fused-ring (bicyclic) bond motifs is 7. The number of allylic oxidation sites excluding steroid dienone is 4. The molecule has 5 aromatic rings. The van der Waals surface area contributed by atoms with E-state index in [0.717, 1.165) is 21.9 Å². The van der Waals surface area contributed by atoms with Crippen molar-refractivity contribution in [2.45, 2.75) is 5.92 Å². The molecule has 0 spiro atoms. The zero-order valence-corrected chi connectivity index (χ0v) is 16.1. The van der Waals surface area contributed by atoms with E-state index in [1.165, 1.54) is 27.1 Å². The predicted octanol–water partition coefficient (Wildman–Crippen LogP) is 7.85. The van der Waals surface area contributed by atoms with Crippen LogP contribution in [0.15, 0.2) is 99.4 Å². The number of hydrogen-bond acceptors (Lipinski definition) is 2. The maximum absolute atomic E-state index is 6.03. The second kappa shape index (κ2) is 6.15. The fourth-order valence-corrected chi connectivity index (χ4v) is 4.90. The Bertz CT molecular complexity index is 1460. The first-order valence-corrected chi connectivity index (χ1v) is 10.2. The van der Waals surface area contributed by atoms with Gasteiger partial charge in [0, 0.05) is 16.7 Å². The molecule has 1 heterocycles. The van der Waals surface area contributed by atoms with Gasteiger partial charge in [-0.25, -0.2) is 0 Å². The Hall–Kier alpha value is -3.22. The maximum atomic E-state index is 6.03. The summed E-state index contributed by atoms with van der Waals surface area (Å²) in [6.45, 7) is 0. The summed E-state index contributed by atoms with van der Waals surface area (Å²) in [5, 5.41) is 7.11. The molecule has 0 bridgehead atoms. The number of benzene rings is 4. The van der Waals surface area contributed by atoms with Crippen LogP contribution in [-0.4, -0.2) is 0 Å². The minimum Gasteiger partial charge on any atom is -0.421 e. The fourth-order valence-electron chi connectivity index (χ4n) is 4.34. The van der Waals surface area contributed by atoms with Gasteiger partial charge >= 0.3 is 0 Å². The van der Waals surface area contributed by atoms with Crippen molar-refractivity contribution < 1.29 is 8.39 Å². The van der Waals surface area contributed by atoms with Crippen LogP contribution in [0, 0.1) is 0 Å². The second-order valence-corrected chi connectivity index (χ2v) is 7.70. The fraction of sp³-hybridized carbons (Fsp3) is 0.0400. The molecule has 0 saturated heterocycles. The van der Waals surface area contributed by atoms with Gasteiger partial charge < -0.3 is 8.39 Å². The van der Waals surface area contributed by atoms with Gasteiger partial charge in [-0.2, -0.15) is 0 Å². The molecule has 1 aliphatic carbocycles. The van der Waals surface area contributed by atoms with Crippen molar-refractivity contribution in [2.24, 2.45) is 0 Å². The molecule has 0 radical (unpaired) electrons. The van der Waals surface area contributed by atoms with E-state index >= 15 is 0 Å². The molecule has 0 fully saturated rings. The van der Waals surface area contributed by atoms with Crippen LogP contribution >= 0.6 is 8.67 Å². The molecule has 1 aliphatic rings. The van der Waals surface area contributed by atoms with E-state index < -0.39 is 0 Å². The lowest BCUT2D eigenvalue weighted by Crippen LogP contribution is -1.91. The van der Waals surface area contributed by atoms with Crippen molar-refractivity contribution in [3.63, 3.8) is 0 Å². The van der Waals surface area contributed by atoms with Crippen LogP contribution in [0.2, 0.25) is 0 Å². The summed E-state index contributed by atoms with van der Waals surface area (Å²) in [5.41, 5.74) is 3.09. The van der Waals surface area contributed by atoms with Crippen LogP contribution in [0.3, 0.4) is 0 Å². The van der Waals surface area contributed by atoms with Crippen molar-refractivity contribution >= 4 is 52.2 Å². The molecule has 6 rings (SSSR count). The van der Waals surface area contributed by atoms with Crippen molar-refractivity contribution in [3.8, 4) is 0 Å². The van der Waals surface area contributed by atoms with Gasteiger partial charge in [0.1, 0.15) is 11.2 Å². The molecule has 1 atom stereocenters. The topological polar surface area (TPSA) is 26.3 Å². The predicted molar refractivity (Wildman–Crippen MR) is 119 cm³/mol. The van der Waals surface area contributed by atoms with E-state index in [2.05, 4.69) is 91.0 Å².